The maximum atomic E-state index is 13.4. The molecule has 8 heteroatoms. The molecule has 0 saturated carbocycles. The third-order valence-corrected chi connectivity index (χ3v) is 6.70. The van der Waals surface area contributed by atoms with Crippen LogP contribution in [0.3, 0.4) is 0 Å². The second-order valence-electron chi connectivity index (χ2n) is 8.71. The van der Waals surface area contributed by atoms with E-state index in [9.17, 15) is 9.90 Å². The van der Waals surface area contributed by atoms with E-state index in [1.54, 1.807) is 22.1 Å². The number of benzene rings is 1. The van der Waals surface area contributed by atoms with Crippen LogP contribution in [-0.2, 0) is 30.1 Å². The van der Waals surface area contributed by atoms with E-state index in [4.69, 9.17) is 11.6 Å². The number of phenolic OH excluding ortho intramolecular Hbond substituents is 1. The second kappa shape index (κ2) is 7.71. The molecule has 1 aliphatic heterocycles. The van der Waals surface area contributed by atoms with Crippen LogP contribution in [0.1, 0.15) is 54.2 Å². The van der Waals surface area contributed by atoms with Gasteiger partial charge in [0.15, 0.2) is 0 Å². The lowest BCUT2D eigenvalue weighted by atomic mass is 9.85. The molecule has 1 aliphatic rings. The lowest BCUT2D eigenvalue weighted by molar-refractivity contribution is -0.132. The Morgan fingerprint density at radius 2 is 2.13 bits per heavy atom. The van der Waals surface area contributed by atoms with Crippen LogP contribution in [0, 0.1) is 0 Å². The van der Waals surface area contributed by atoms with Gasteiger partial charge in [-0.05, 0) is 23.1 Å². The maximum absolute atomic E-state index is 13.4. The smallest absolute Gasteiger partial charge is 0.228 e. The number of halogens is 1. The number of rotatable bonds is 3. The summed E-state index contributed by atoms with van der Waals surface area (Å²) >= 11 is 7.89. The van der Waals surface area contributed by atoms with Gasteiger partial charge in [-0.15, -0.1) is 11.3 Å². The van der Waals surface area contributed by atoms with Crippen molar-refractivity contribution in [3.8, 4) is 5.75 Å². The molecule has 4 rings (SSSR count). The first-order valence-corrected chi connectivity index (χ1v) is 11.1. The van der Waals surface area contributed by atoms with Gasteiger partial charge in [0.05, 0.1) is 28.3 Å². The minimum Gasteiger partial charge on any atom is -0.506 e. The molecule has 3 heterocycles. The summed E-state index contributed by atoms with van der Waals surface area (Å²) in [4.78, 5) is 21.0. The van der Waals surface area contributed by atoms with Gasteiger partial charge in [-0.1, -0.05) is 38.4 Å². The van der Waals surface area contributed by atoms with E-state index in [1.165, 1.54) is 4.88 Å². The molecule has 3 aromatic rings. The average Bonchev–Trinajstić information content (AvgIpc) is 3.32. The average molecular weight is 445 g/mol. The highest BCUT2D eigenvalue weighted by molar-refractivity contribution is 7.09. The number of hydrogen-bond acceptors (Lipinski definition) is 5. The zero-order valence-electron chi connectivity index (χ0n) is 17.5. The van der Waals surface area contributed by atoms with Crippen molar-refractivity contribution in [3.05, 3.63) is 62.3 Å². The monoisotopic (exact) mass is 444 g/mol. The van der Waals surface area contributed by atoms with Crippen LogP contribution in [0.25, 0.3) is 0 Å². The Labute approximate surface area is 185 Å². The van der Waals surface area contributed by atoms with Crippen molar-refractivity contribution in [2.24, 2.45) is 7.05 Å². The van der Waals surface area contributed by atoms with Gasteiger partial charge in [0.1, 0.15) is 11.8 Å². The Morgan fingerprint density at radius 3 is 2.80 bits per heavy atom. The number of fused-ring (bicyclic) bond motifs is 1. The maximum Gasteiger partial charge on any atom is 0.228 e. The lowest BCUT2D eigenvalue weighted by Crippen LogP contribution is -2.41. The highest BCUT2D eigenvalue weighted by Crippen LogP contribution is 2.38. The van der Waals surface area contributed by atoms with Gasteiger partial charge in [-0.25, -0.2) is 4.98 Å². The molecule has 0 unspecified atom stereocenters. The Bertz CT molecular complexity index is 1100. The van der Waals surface area contributed by atoms with Crippen molar-refractivity contribution in [1.29, 1.82) is 0 Å². The fourth-order valence-corrected chi connectivity index (χ4v) is 4.85. The molecule has 30 heavy (non-hydrogen) atoms. The van der Waals surface area contributed by atoms with Crippen molar-refractivity contribution < 1.29 is 9.90 Å². The summed E-state index contributed by atoms with van der Waals surface area (Å²) in [6.45, 7) is 6.81. The number of aryl methyl sites for hydroxylation is 1. The molecule has 2 aromatic heterocycles. The lowest BCUT2D eigenvalue weighted by Gasteiger charge is -2.34. The van der Waals surface area contributed by atoms with Gasteiger partial charge in [0.25, 0.3) is 0 Å². The fraction of sp³-hybridized carbons (Fsp3) is 0.409. The third kappa shape index (κ3) is 3.84. The van der Waals surface area contributed by atoms with Crippen molar-refractivity contribution in [2.45, 2.75) is 45.1 Å². The van der Waals surface area contributed by atoms with E-state index in [0.717, 1.165) is 23.4 Å². The number of nitrogens with zero attached hydrogens (tertiary/aromatic N) is 4. The number of aromatic nitrogens is 3. The molecule has 0 bridgehead atoms. The molecular weight excluding hydrogens is 420 g/mol. The van der Waals surface area contributed by atoms with Gasteiger partial charge in [0, 0.05) is 36.7 Å². The highest BCUT2D eigenvalue weighted by atomic mass is 35.5. The first-order chi connectivity index (χ1) is 14.1. The molecule has 0 saturated heterocycles. The standard InChI is InChI=1S/C22H25ClN4O2S/c1-22(2,3)14-9-13(21(29)15(23)11-14)10-18(28)27-8-6-17-19(24-12-30-17)20(27)16-5-7-26(4)25-16/h5,7,9,11-12,20,29H,6,8,10H2,1-4H3/t20-/m1/s1. The minimum atomic E-state index is -0.322. The van der Waals surface area contributed by atoms with Crippen molar-refractivity contribution >= 4 is 28.8 Å². The Balaban J connectivity index is 1.69. The van der Waals surface area contributed by atoms with Crippen molar-refractivity contribution in [2.75, 3.05) is 6.54 Å². The van der Waals surface area contributed by atoms with E-state index in [0.29, 0.717) is 12.1 Å². The van der Waals surface area contributed by atoms with Crippen LogP contribution in [0.2, 0.25) is 5.02 Å². The van der Waals surface area contributed by atoms with Gasteiger partial charge in [0.2, 0.25) is 5.91 Å². The van der Waals surface area contributed by atoms with Crippen LogP contribution in [0.15, 0.2) is 29.9 Å². The number of carbonyl (C=O) groups excluding carboxylic acids is 1. The first-order valence-electron chi connectivity index (χ1n) is 9.88. The van der Waals surface area contributed by atoms with E-state index in [1.807, 2.05) is 35.8 Å². The number of phenols is 1. The largest absolute Gasteiger partial charge is 0.506 e. The predicted octanol–water partition coefficient (Wildman–Crippen LogP) is 4.25. The molecule has 1 N–H and O–H groups in total. The quantitative estimate of drug-likeness (QED) is 0.655. The normalized spacial score (nSPS) is 16.6. The molecule has 1 aromatic carbocycles. The van der Waals surface area contributed by atoms with Crippen LogP contribution in [-0.4, -0.2) is 37.2 Å². The first kappa shape index (κ1) is 20.9. The zero-order valence-corrected chi connectivity index (χ0v) is 19.1. The summed E-state index contributed by atoms with van der Waals surface area (Å²) in [5.41, 5.74) is 4.89. The number of amides is 1. The van der Waals surface area contributed by atoms with Gasteiger partial charge in [-0.2, -0.15) is 5.10 Å². The van der Waals surface area contributed by atoms with Crippen LogP contribution in [0.4, 0.5) is 0 Å². The number of carbonyl (C=O) groups is 1. The van der Waals surface area contributed by atoms with Gasteiger partial charge >= 0.3 is 0 Å². The highest BCUT2D eigenvalue weighted by Gasteiger charge is 2.35. The topological polar surface area (TPSA) is 71.2 Å². The molecule has 0 spiro atoms. The van der Waals surface area contributed by atoms with Crippen LogP contribution in [0.5, 0.6) is 5.75 Å². The summed E-state index contributed by atoms with van der Waals surface area (Å²) in [7, 11) is 1.86. The molecule has 0 aliphatic carbocycles. The fourth-order valence-electron chi connectivity index (χ4n) is 3.82. The Kier molecular flexibility index (Phi) is 5.36. The summed E-state index contributed by atoms with van der Waals surface area (Å²) < 4.78 is 1.73. The predicted molar refractivity (Wildman–Crippen MR) is 118 cm³/mol. The van der Waals surface area contributed by atoms with E-state index in [2.05, 4.69) is 30.9 Å². The van der Waals surface area contributed by atoms with E-state index < -0.39 is 0 Å². The molecule has 1 amide bonds. The van der Waals surface area contributed by atoms with Crippen molar-refractivity contribution in [1.82, 2.24) is 19.7 Å². The molecular formula is C22H25ClN4O2S. The van der Waals surface area contributed by atoms with E-state index >= 15 is 0 Å². The summed E-state index contributed by atoms with van der Waals surface area (Å²) in [6, 6.07) is 5.25. The summed E-state index contributed by atoms with van der Waals surface area (Å²) in [5.74, 6) is -0.111. The minimum absolute atomic E-state index is 0.0289. The SMILES string of the molecule is Cn1ccc([C@@H]2c3ncsc3CCN2C(=O)Cc2cc(C(C)(C)C)cc(Cl)c2O)n1. The van der Waals surface area contributed by atoms with Crippen LogP contribution >= 0.6 is 22.9 Å². The summed E-state index contributed by atoms with van der Waals surface area (Å²) in [6.07, 6.45) is 2.71. The van der Waals surface area contributed by atoms with Crippen LogP contribution < -0.4 is 0 Å². The molecule has 0 fully saturated rings. The molecule has 1 atom stereocenters. The number of aromatic hydroxyl groups is 1. The number of hydrogen-bond donors (Lipinski definition) is 1. The van der Waals surface area contributed by atoms with Gasteiger partial charge in [-0.3, -0.25) is 9.48 Å². The summed E-state index contributed by atoms with van der Waals surface area (Å²) in [5, 5.41) is 15.3. The Hall–Kier alpha value is -2.38. The Morgan fingerprint density at radius 1 is 1.37 bits per heavy atom. The zero-order chi connectivity index (χ0) is 21.6. The molecule has 158 valence electrons. The second-order valence-corrected chi connectivity index (χ2v) is 10.1. The molecule has 6 nitrogen and oxygen atoms in total. The van der Waals surface area contributed by atoms with Crippen molar-refractivity contribution in [3.63, 3.8) is 0 Å². The molecule has 0 radical (unpaired) electrons. The third-order valence-electron chi connectivity index (χ3n) is 5.51. The number of thiazole rings is 1. The van der Waals surface area contributed by atoms with Gasteiger partial charge < -0.3 is 10.0 Å². The van der Waals surface area contributed by atoms with E-state index in [-0.39, 0.29) is 34.6 Å².